The molecule has 1 aliphatic rings. The minimum absolute atomic E-state index is 0.172. The second-order valence-corrected chi connectivity index (χ2v) is 5.37. The first kappa shape index (κ1) is 12.2. The lowest BCUT2D eigenvalue weighted by Crippen LogP contribution is -2.40. The van der Waals surface area contributed by atoms with Crippen LogP contribution in [0, 0.1) is 0 Å². The van der Waals surface area contributed by atoms with Crippen molar-refractivity contribution in [2.24, 2.45) is 0 Å². The van der Waals surface area contributed by atoms with Crippen molar-refractivity contribution in [3.8, 4) is 6.01 Å². The maximum atomic E-state index is 5.57. The smallest absolute Gasteiger partial charge is 0.322 e. The largest absolute Gasteiger partial charge is 0.467 e. The summed E-state index contributed by atoms with van der Waals surface area (Å²) in [7, 11) is 1.51. The Kier molecular flexibility index (Phi) is 3.56. The van der Waals surface area contributed by atoms with Gasteiger partial charge < -0.3 is 15.8 Å². The molecule has 0 unspecified atom stereocenters. The third kappa shape index (κ3) is 2.71. The predicted octanol–water partition coefficient (Wildman–Crippen LogP) is 1.16. The molecule has 17 heavy (non-hydrogen) atoms. The Balaban J connectivity index is 2.01. The third-order valence-corrected chi connectivity index (χ3v) is 4.50. The van der Waals surface area contributed by atoms with Gasteiger partial charge in [0.25, 0.3) is 0 Å². The second kappa shape index (κ2) is 4.95. The van der Waals surface area contributed by atoms with Crippen LogP contribution in [0.5, 0.6) is 6.01 Å². The Morgan fingerprint density at radius 2 is 2.18 bits per heavy atom. The number of ether oxygens (including phenoxy) is 1. The van der Waals surface area contributed by atoms with Crippen molar-refractivity contribution in [1.29, 1.82) is 0 Å². The van der Waals surface area contributed by atoms with Crippen LogP contribution in [0.3, 0.4) is 0 Å². The van der Waals surface area contributed by atoms with E-state index in [2.05, 4.69) is 26.5 Å². The van der Waals surface area contributed by atoms with E-state index in [4.69, 9.17) is 10.5 Å². The van der Waals surface area contributed by atoms with E-state index >= 15 is 0 Å². The number of nitrogens with two attached hydrogens (primary N) is 1. The number of nitrogen functional groups attached to an aromatic ring is 1. The van der Waals surface area contributed by atoms with Crippen LogP contribution in [0.2, 0.25) is 0 Å². The summed E-state index contributed by atoms with van der Waals surface area (Å²) in [5.41, 5.74) is 5.57. The topological polar surface area (TPSA) is 86.0 Å². The lowest BCUT2D eigenvalue weighted by Gasteiger charge is -2.40. The zero-order chi connectivity index (χ0) is 12.3. The fraction of sp³-hybridized carbons (Fsp3) is 0.700. The molecule has 1 aromatic rings. The molecule has 94 valence electrons. The van der Waals surface area contributed by atoms with Crippen molar-refractivity contribution < 1.29 is 4.74 Å². The summed E-state index contributed by atoms with van der Waals surface area (Å²) in [5.74, 6) is 0.654. The van der Waals surface area contributed by atoms with Gasteiger partial charge in [-0.3, -0.25) is 0 Å². The van der Waals surface area contributed by atoms with Gasteiger partial charge in [-0.05, 0) is 19.1 Å². The van der Waals surface area contributed by atoms with Gasteiger partial charge in [-0.15, -0.1) is 0 Å². The molecule has 0 spiro atoms. The Labute approximate surface area is 105 Å². The van der Waals surface area contributed by atoms with E-state index in [1.807, 2.05) is 11.8 Å². The second-order valence-electron chi connectivity index (χ2n) is 4.10. The van der Waals surface area contributed by atoms with Gasteiger partial charge in [-0.2, -0.15) is 26.7 Å². The van der Waals surface area contributed by atoms with Crippen LogP contribution in [0.15, 0.2) is 0 Å². The number of aromatic nitrogens is 3. The average Bonchev–Trinajstić information content (AvgIpc) is 2.27. The first-order valence-corrected chi connectivity index (χ1v) is 6.74. The van der Waals surface area contributed by atoms with Crippen LogP contribution in [-0.2, 0) is 0 Å². The maximum absolute atomic E-state index is 5.57. The first-order chi connectivity index (χ1) is 8.17. The summed E-state index contributed by atoms with van der Waals surface area (Å²) in [4.78, 5) is 12.0. The van der Waals surface area contributed by atoms with E-state index in [9.17, 15) is 0 Å². The molecule has 1 fully saturated rings. The van der Waals surface area contributed by atoms with Gasteiger partial charge in [0.1, 0.15) is 0 Å². The molecule has 7 heteroatoms. The molecule has 0 bridgehead atoms. The molecule has 0 amide bonds. The quantitative estimate of drug-likeness (QED) is 0.816. The minimum atomic E-state index is 0.172. The summed E-state index contributed by atoms with van der Waals surface area (Å²) >= 11 is 1.90. The van der Waals surface area contributed by atoms with Crippen LogP contribution in [0.4, 0.5) is 11.9 Å². The van der Waals surface area contributed by atoms with Crippen LogP contribution < -0.4 is 15.8 Å². The maximum Gasteiger partial charge on any atom is 0.322 e. The highest BCUT2D eigenvalue weighted by Gasteiger charge is 2.36. The van der Waals surface area contributed by atoms with E-state index < -0.39 is 0 Å². The number of nitrogens with zero attached hydrogens (tertiary/aromatic N) is 3. The van der Waals surface area contributed by atoms with Gasteiger partial charge in [0.15, 0.2) is 0 Å². The predicted molar refractivity (Wildman–Crippen MR) is 69.4 cm³/mol. The molecule has 6 nitrogen and oxygen atoms in total. The highest BCUT2D eigenvalue weighted by atomic mass is 32.2. The Hall–Kier alpha value is -1.24. The number of anilines is 2. The highest BCUT2D eigenvalue weighted by Crippen LogP contribution is 2.42. The summed E-state index contributed by atoms with van der Waals surface area (Å²) < 4.78 is 5.27. The van der Waals surface area contributed by atoms with E-state index in [1.165, 1.54) is 26.4 Å². The number of thioether (sulfide) groups is 1. The molecule has 1 aromatic heterocycles. The van der Waals surface area contributed by atoms with Crippen molar-refractivity contribution in [3.05, 3.63) is 0 Å². The molecule has 0 saturated heterocycles. The van der Waals surface area contributed by atoms with Gasteiger partial charge in [0.05, 0.1) is 7.11 Å². The number of methoxy groups -OCH3 is 1. The number of nitrogens with one attached hydrogen (secondary N) is 1. The van der Waals surface area contributed by atoms with E-state index in [1.54, 1.807) is 0 Å². The number of hydrogen-bond acceptors (Lipinski definition) is 7. The molecule has 0 radical (unpaired) electrons. The lowest BCUT2D eigenvalue weighted by molar-refractivity contribution is 0.374. The zero-order valence-corrected chi connectivity index (χ0v) is 10.9. The van der Waals surface area contributed by atoms with Crippen LogP contribution >= 0.6 is 11.8 Å². The van der Waals surface area contributed by atoms with Gasteiger partial charge in [-0.1, -0.05) is 6.42 Å². The van der Waals surface area contributed by atoms with Crippen LogP contribution in [0.1, 0.15) is 19.3 Å². The third-order valence-electron chi connectivity index (χ3n) is 3.08. The van der Waals surface area contributed by atoms with E-state index in [0.29, 0.717) is 10.7 Å². The highest BCUT2D eigenvalue weighted by molar-refractivity contribution is 8.00. The number of hydrogen-bond donors (Lipinski definition) is 2. The van der Waals surface area contributed by atoms with Crippen LogP contribution in [0.25, 0.3) is 0 Å². The molecular weight excluding hydrogens is 238 g/mol. The Morgan fingerprint density at radius 3 is 2.71 bits per heavy atom. The summed E-state index contributed by atoms with van der Waals surface area (Å²) in [6, 6.07) is 0.242. The van der Waals surface area contributed by atoms with Crippen LogP contribution in [-0.4, -0.2) is 39.6 Å². The van der Waals surface area contributed by atoms with Crippen molar-refractivity contribution in [2.45, 2.75) is 24.0 Å². The average molecular weight is 255 g/mol. The summed E-state index contributed by atoms with van der Waals surface area (Å²) in [6.07, 6.45) is 5.91. The molecular formula is C10H17N5OS. The van der Waals surface area contributed by atoms with Crippen molar-refractivity contribution in [2.75, 3.05) is 31.0 Å². The van der Waals surface area contributed by atoms with Gasteiger partial charge >= 0.3 is 6.01 Å². The Bertz CT molecular complexity index is 391. The van der Waals surface area contributed by atoms with Gasteiger partial charge in [0.2, 0.25) is 11.9 Å². The van der Waals surface area contributed by atoms with E-state index in [0.717, 1.165) is 6.54 Å². The summed E-state index contributed by atoms with van der Waals surface area (Å²) in [6.45, 7) is 0.848. The normalized spacial score (nSPS) is 17.3. The standard InChI is InChI=1S/C10H17N5OS/c1-16-9-14-7(11)13-8(15-9)12-6-10(17-2)4-3-5-10/h3-6H2,1-2H3,(H3,11,12,13,14,15). The molecule has 1 saturated carbocycles. The lowest BCUT2D eigenvalue weighted by atomic mass is 9.84. The van der Waals surface area contributed by atoms with E-state index in [-0.39, 0.29) is 12.0 Å². The number of rotatable bonds is 5. The molecule has 0 aliphatic heterocycles. The first-order valence-electron chi connectivity index (χ1n) is 5.52. The molecule has 0 aromatic carbocycles. The van der Waals surface area contributed by atoms with Gasteiger partial charge in [0, 0.05) is 11.3 Å². The Morgan fingerprint density at radius 1 is 1.41 bits per heavy atom. The SMILES string of the molecule is COc1nc(N)nc(NCC2(SC)CCC2)n1. The fourth-order valence-corrected chi connectivity index (χ4v) is 2.72. The minimum Gasteiger partial charge on any atom is -0.467 e. The molecule has 2 rings (SSSR count). The van der Waals surface area contributed by atoms with Gasteiger partial charge in [-0.25, -0.2) is 0 Å². The monoisotopic (exact) mass is 255 g/mol. The van der Waals surface area contributed by atoms with Crippen molar-refractivity contribution in [3.63, 3.8) is 0 Å². The molecule has 3 N–H and O–H groups in total. The van der Waals surface area contributed by atoms with Crippen molar-refractivity contribution >= 4 is 23.7 Å². The molecule has 1 aliphatic carbocycles. The molecule has 1 heterocycles. The fourth-order valence-electron chi connectivity index (χ4n) is 1.81. The van der Waals surface area contributed by atoms with Crippen molar-refractivity contribution in [1.82, 2.24) is 15.0 Å². The molecule has 0 atom stereocenters. The zero-order valence-electron chi connectivity index (χ0n) is 10.1. The summed E-state index contributed by atoms with van der Waals surface area (Å²) in [5, 5.41) is 3.21.